The minimum atomic E-state index is -0.434. The van der Waals surface area contributed by atoms with Crippen LogP contribution in [0.3, 0.4) is 0 Å². The maximum Gasteiger partial charge on any atom is 0.311 e. The monoisotopic (exact) mass is 266 g/mol. The summed E-state index contributed by atoms with van der Waals surface area (Å²) in [5.74, 6) is 0.295. The Bertz CT molecular complexity index is 464. The molecule has 0 radical (unpaired) electrons. The molecule has 6 nitrogen and oxygen atoms in total. The summed E-state index contributed by atoms with van der Waals surface area (Å²) in [5.41, 5.74) is 0.805. The Morgan fingerprint density at radius 1 is 1.58 bits per heavy atom. The summed E-state index contributed by atoms with van der Waals surface area (Å²) in [4.78, 5) is 10.5. The molecule has 2 atom stereocenters. The van der Waals surface area contributed by atoms with Gasteiger partial charge in [-0.2, -0.15) is 0 Å². The minimum absolute atomic E-state index is 0.0110. The molecule has 1 aromatic rings. The number of ether oxygens (including phenoxy) is 2. The van der Waals surface area contributed by atoms with Gasteiger partial charge in [-0.3, -0.25) is 10.1 Å². The Balaban J connectivity index is 2.17. The van der Waals surface area contributed by atoms with E-state index in [1.54, 1.807) is 19.1 Å². The fourth-order valence-corrected chi connectivity index (χ4v) is 2.16. The minimum Gasteiger partial charge on any atom is -0.487 e. The van der Waals surface area contributed by atoms with Crippen LogP contribution in [-0.4, -0.2) is 30.3 Å². The summed E-state index contributed by atoms with van der Waals surface area (Å²) in [7, 11) is 0. The van der Waals surface area contributed by atoms with E-state index in [0.29, 0.717) is 12.4 Å². The van der Waals surface area contributed by atoms with Crippen LogP contribution < -0.4 is 10.1 Å². The maximum atomic E-state index is 10.9. The van der Waals surface area contributed by atoms with Crippen LogP contribution in [-0.2, 0) is 4.74 Å². The molecule has 6 heteroatoms. The van der Waals surface area contributed by atoms with Crippen molar-refractivity contribution in [3.05, 3.63) is 28.3 Å². The van der Waals surface area contributed by atoms with Crippen molar-refractivity contribution in [3.63, 3.8) is 0 Å². The molecule has 1 aromatic carbocycles. The summed E-state index contributed by atoms with van der Waals surface area (Å²) in [6.45, 7) is 4.95. The first-order valence-electron chi connectivity index (χ1n) is 6.41. The van der Waals surface area contributed by atoms with E-state index in [0.717, 1.165) is 18.7 Å². The lowest BCUT2D eigenvalue weighted by Crippen LogP contribution is -2.26. The molecular formula is C13H18N2O4. The molecule has 0 spiro atoms. The van der Waals surface area contributed by atoms with Crippen molar-refractivity contribution in [2.45, 2.75) is 32.4 Å². The number of nitro groups is 1. The van der Waals surface area contributed by atoms with E-state index in [2.05, 4.69) is 5.32 Å². The Hall–Kier alpha value is -1.82. The predicted octanol–water partition coefficient (Wildman–Crippen LogP) is 2.58. The number of nitro benzene ring substituents is 1. The SMILES string of the molecule is CCOc1cc(NC2CCOC2C)ccc1[N+](=O)[O-]. The highest BCUT2D eigenvalue weighted by atomic mass is 16.6. The highest BCUT2D eigenvalue weighted by Crippen LogP contribution is 2.31. The fraction of sp³-hybridized carbons (Fsp3) is 0.538. The zero-order valence-corrected chi connectivity index (χ0v) is 11.1. The Morgan fingerprint density at radius 2 is 2.37 bits per heavy atom. The van der Waals surface area contributed by atoms with E-state index in [4.69, 9.17) is 9.47 Å². The third-order valence-electron chi connectivity index (χ3n) is 3.18. The molecule has 0 amide bonds. The zero-order valence-electron chi connectivity index (χ0n) is 11.1. The lowest BCUT2D eigenvalue weighted by atomic mass is 10.1. The number of nitrogens with zero attached hydrogens (tertiary/aromatic N) is 1. The van der Waals surface area contributed by atoms with Crippen LogP contribution in [0, 0.1) is 10.1 Å². The van der Waals surface area contributed by atoms with E-state index >= 15 is 0 Å². The highest BCUT2D eigenvalue weighted by molar-refractivity contribution is 5.58. The molecule has 1 N–H and O–H groups in total. The van der Waals surface area contributed by atoms with E-state index in [9.17, 15) is 10.1 Å². The van der Waals surface area contributed by atoms with Gasteiger partial charge in [-0.05, 0) is 26.3 Å². The van der Waals surface area contributed by atoms with Crippen LogP contribution in [0.2, 0.25) is 0 Å². The van der Waals surface area contributed by atoms with Crippen molar-refractivity contribution in [2.75, 3.05) is 18.5 Å². The van der Waals surface area contributed by atoms with E-state index in [-0.39, 0.29) is 17.8 Å². The number of hydrogen-bond donors (Lipinski definition) is 1. The van der Waals surface area contributed by atoms with Crippen molar-refractivity contribution in [2.24, 2.45) is 0 Å². The first-order valence-corrected chi connectivity index (χ1v) is 6.41. The van der Waals surface area contributed by atoms with Gasteiger partial charge in [0.1, 0.15) is 0 Å². The van der Waals surface area contributed by atoms with Crippen molar-refractivity contribution < 1.29 is 14.4 Å². The Morgan fingerprint density at radius 3 is 2.95 bits per heavy atom. The molecule has 19 heavy (non-hydrogen) atoms. The van der Waals surface area contributed by atoms with Gasteiger partial charge < -0.3 is 14.8 Å². The van der Waals surface area contributed by atoms with Gasteiger partial charge in [0, 0.05) is 24.4 Å². The predicted molar refractivity (Wildman–Crippen MR) is 71.7 cm³/mol. The van der Waals surface area contributed by atoms with Gasteiger partial charge in [0.2, 0.25) is 0 Å². The van der Waals surface area contributed by atoms with Gasteiger partial charge in [0.05, 0.1) is 23.7 Å². The molecule has 0 aliphatic carbocycles. The molecule has 1 saturated heterocycles. The number of anilines is 1. The largest absolute Gasteiger partial charge is 0.487 e. The smallest absolute Gasteiger partial charge is 0.311 e. The van der Waals surface area contributed by atoms with Crippen LogP contribution in [0.25, 0.3) is 0 Å². The summed E-state index contributed by atoms with van der Waals surface area (Å²) < 4.78 is 10.8. The van der Waals surface area contributed by atoms with Crippen molar-refractivity contribution in [3.8, 4) is 5.75 Å². The van der Waals surface area contributed by atoms with Crippen LogP contribution in [0.4, 0.5) is 11.4 Å². The van der Waals surface area contributed by atoms with Gasteiger partial charge in [0.15, 0.2) is 5.75 Å². The summed E-state index contributed by atoms with van der Waals surface area (Å²) in [5, 5.41) is 14.2. The van der Waals surface area contributed by atoms with Crippen LogP contribution >= 0.6 is 0 Å². The standard InChI is InChI=1S/C13H18N2O4/c1-3-18-13-8-10(4-5-12(13)15(16)17)14-11-6-7-19-9(11)2/h4-5,8-9,11,14H,3,6-7H2,1-2H3. The molecule has 0 bridgehead atoms. The molecular weight excluding hydrogens is 248 g/mol. The van der Waals surface area contributed by atoms with Gasteiger partial charge in [-0.1, -0.05) is 0 Å². The quantitative estimate of drug-likeness (QED) is 0.655. The van der Waals surface area contributed by atoms with Crippen molar-refractivity contribution in [1.29, 1.82) is 0 Å². The van der Waals surface area contributed by atoms with Crippen molar-refractivity contribution >= 4 is 11.4 Å². The number of hydrogen-bond acceptors (Lipinski definition) is 5. The van der Waals surface area contributed by atoms with Crippen LogP contribution in [0.5, 0.6) is 5.75 Å². The first-order chi connectivity index (χ1) is 9.11. The summed E-state index contributed by atoms with van der Waals surface area (Å²) >= 11 is 0. The molecule has 1 aliphatic heterocycles. The Kier molecular flexibility index (Phi) is 4.21. The summed E-state index contributed by atoms with van der Waals surface area (Å²) in [6, 6.07) is 5.07. The Labute approximate surface area is 111 Å². The van der Waals surface area contributed by atoms with E-state index in [1.165, 1.54) is 6.07 Å². The number of benzene rings is 1. The number of rotatable bonds is 5. The molecule has 2 rings (SSSR count). The second-order valence-corrected chi connectivity index (χ2v) is 4.49. The molecule has 1 heterocycles. The molecule has 0 aromatic heterocycles. The third kappa shape index (κ3) is 3.14. The van der Waals surface area contributed by atoms with Gasteiger partial charge >= 0.3 is 5.69 Å². The van der Waals surface area contributed by atoms with Crippen molar-refractivity contribution in [1.82, 2.24) is 0 Å². The average molecular weight is 266 g/mol. The third-order valence-corrected chi connectivity index (χ3v) is 3.18. The van der Waals surface area contributed by atoms with Gasteiger partial charge in [-0.15, -0.1) is 0 Å². The van der Waals surface area contributed by atoms with Crippen LogP contribution in [0.1, 0.15) is 20.3 Å². The zero-order chi connectivity index (χ0) is 13.8. The van der Waals surface area contributed by atoms with Gasteiger partial charge in [0.25, 0.3) is 0 Å². The molecule has 1 fully saturated rings. The molecule has 0 saturated carbocycles. The lowest BCUT2D eigenvalue weighted by molar-refractivity contribution is -0.385. The lowest BCUT2D eigenvalue weighted by Gasteiger charge is -2.17. The molecule has 1 aliphatic rings. The van der Waals surface area contributed by atoms with E-state index in [1.807, 2.05) is 6.92 Å². The molecule has 104 valence electrons. The summed E-state index contributed by atoms with van der Waals surface area (Å²) in [6.07, 6.45) is 1.08. The normalized spacial score (nSPS) is 22.2. The highest BCUT2D eigenvalue weighted by Gasteiger charge is 2.24. The second kappa shape index (κ2) is 5.88. The maximum absolute atomic E-state index is 10.9. The second-order valence-electron chi connectivity index (χ2n) is 4.49. The first kappa shape index (κ1) is 13.6. The number of nitrogens with one attached hydrogen (secondary N) is 1. The van der Waals surface area contributed by atoms with Gasteiger partial charge in [-0.25, -0.2) is 0 Å². The topological polar surface area (TPSA) is 73.6 Å². The fourth-order valence-electron chi connectivity index (χ4n) is 2.16. The molecule has 2 unspecified atom stereocenters. The average Bonchev–Trinajstić information content (AvgIpc) is 2.75. The van der Waals surface area contributed by atoms with E-state index < -0.39 is 4.92 Å². The van der Waals surface area contributed by atoms with Crippen LogP contribution in [0.15, 0.2) is 18.2 Å².